The van der Waals surface area contributed by atoms with Crippen molar-refractivity contribution in [3.05, 3.63) is 344 Å². The van der Waals surface area contributed by atoms with Gasteiger partial charge in [0.05, 0.1) is 42.6 Å². The van der Waals surface area contributed by atoms with Crippen LogP contribution in [0.5, 0.6) is 0 Å². The van der Waals surface area contributed by atoms with Gasteiger partial charge in [0.15, 0.2) is 0 Å². The number of carbonyl (C=O) groups is 6. The highest BCUT2D eigenvalue weighted by Crippen LogP contribution is 2.56. The molecule has 9 heterocycles. The third-order valence-corrected chi connectivity index (χ3v) is 28.6. The Morgan fingerprint density at radius 2 is 0.634 bits per heavy atom. The van der Waals surface area contributed by atoms with Crippen LogP contribution in [0.4, 0.5) is 57.9 Å². The molecule has 0 N–H and O–H groups in total. The van der Waals surface area contributed by atoms with Gasteiger partial charge >= 0.3 is 0 Å². The molecule has 24 rings (SSSR count). The molecule has 4 fully saturated rings. The van der Waals surface area contributed by atoms with Crippen LogP contribution in [0, 0.1) is 46.5 Å². The van der Waals surface area contributed by atoms with E-state index < -0.39 is 68.3 Å². The Bertz CT molecular complexity index is 7140. The van der Waals surface area contributed by atoms with Crippen molar-refractivity contribution >= 4 is 79.8 Å². The smallest absolute Gasteiger partial charge is 0.252 e. The molecule has 10 aliphatic rings. The molecular formula is C106H87F8N11O6. The van der Waals surface area contributed by atoms with Crippen molar-refractivity contribution in [3.8, 4) is 44.5 Å². The Balaban J connectivity index is 0.000000105. The standard InChI is InChI=1S/2C27H22F2N2O2.C26H22F2N4O.C26H21F2N3O/c1-30-14-27(15-30)22-4-2-3-5-25(22)31(26(27)33)13-21-23(28)11-19(12-24(21)29)16-6-7-17-9-20(32)10-18(17)8-16;1-30-9-8-27(30)22-4-2-3-5-25(22)31(26(27)33)15-21-23(28)13-19(14-24(21)29)16-6-7-17-11-20(32)12-18(17)10-16;1-30-14-26(15-30)20-7-3-4-9-24(20)32(25(26)33)13-19-21(27)10-16(11-22(19)28)17-6-5-8-23-18(17)12-31(2)29-23;1-30-14-18-17(6-4-8-23(18)29-30)16-12-21(27)19(22(28)13-16)15-31-24-9-3-2-7-20(24)26(25(31)32)10-5-11-26/h2-8,11-12H,9-10,13-15H2,1H3;2-7,10,13-14H,8-9,11-12,15H2,1H3;3-12H,13-15H2,1-2H3;2-4,6-9,12-14H,5,10-11,15H2,1H3. The average molecular weight is 1760 g/mol. The average Bonchev–Trinajstić information content (AvgIpc) is 1.48. The van der Waals surface area contributed by atoms with E-state index in [1.54, 1.807) is 26.4 Å². The van der Waals surface area contributed by atoms with E-state index in [9.17, 15) is 28.8 Å². The van der Waals surface area contributed by atoms with E-state index in [1.165, 1.54) is 63.2 Å². The molecule has 0 radical (unpaired) electrons. The Morgan fingerprint density at radius 3 is 0.969 bits per heavy atom. The quantitative estimate of drug-likeness (QED) is 0.107. The van der Waals surface area contributed by atoms with Crippen LogP contribution in [0.3, 0.4) is 0 Å². The summed E-state index contributed by atoms with van der Waals surface area (Å²) in [6.45, 7) is 2.64. The largest absolute Gasteiger partial charge is 0.307 e. The summed E-state index contributed by atoms with van der Waals surface area (Å²) in [5.41, 5.74) is 13.5. The molecule has 1 unspecified atom stereocenters. The number of nitrogens with zero attached hydrogens (tertiary/aromatic N) is 11. The molecule has 658 valence electrons. The second kappa shape index (κ2) is 31.8. The molecule has 25 heteroatoms. The van der Waals surface area contributed by atoms with Crippen LogP contribution in [-0.2, 0) is 117 Å². The van der Waals surface area contributed by atoms with Crippen LogP contribution >= 0.6 is 0 Å². The number of amides is 4. The first-order valence-electron chi connectivity index (χ1n) is 43.9. The lowest BCUT2D eigenvalue weighted by Gasteiger charge is -2.47. The minimum atomic E-state index is -0.731. The highest BCUT2D eigenvalue weighted by atomic mass is 19.2. The zero-order valence-corrected chi connectivity index (χ0v) is 72.4. The van der Waals surface area contributed by atoms with E-state index in [1.807, 2.05) is 210 Å². The molecule has 0 bridgehead atoms. The predicted octanol–water partition coefficient (Wildman–Crippen LogP) is 18.1. The fourth-order valence-corrected chi connectivity index (χ4v) is 21.8. The maximum absolute atomic E-state index is 15.3. The molecule has 1 saturated carbocycles. The van der Waals surface area contributed by atoms with Gasteiger partial charge in [-0.05, 0) is 209 Å². The molecule has 2 aromatic heterocycles. The third kappa shape index (κ3) is 13.7. The number of hydrogen-bond acceptors (Lipinski definition) is 11. The number of fused-ring (bicyclic) bond motifs is 12. The maximum atomic E-state index is 15.3. The third-order valence-electron chi connectivity index (χ3n) is 28.6. The number of Topliss-reactive ketones (excluding diaryl/α,β-unsaturated/α-hetero) is 2. The Morgan fingerprint density at radius 1 is 0.313 bits per heavy atom. The van der Waals surface area contributed by atoms with Crippen LogP contribution in [0.15, 0.2) is 231 Å². The molecule has 3 saturated heterocycles. The Kier molecular flexibility index (Phi) is 20.4. The van der Waals surface area contributed by atoms with Crippen molar-refractivity contribution in [3.63, 3.8) is 0 Å². The van der Waals surface area contributed by atoms with Crippen molar-refractivity contribution < 1.29 is 63.9 Å². The number of halogens is 8. The van der Waals surface area contributed by atoms with Gasteiger partial charge in [-0.3, -0.25) is 43.0 Å². The first-order valence-corrected chi connectivity index (χ1v) is 43.9. The van der Waals surface area contributed by atoms with Crippen molar-refractivity contribution in [2.24, 2.45) is 14.1 Å². The van der Waals surface area contributed by atoms with Crippen LogP contribution < -0.4 is 19.6 Å². The van der Waals surface area contributed by atoms with Crippen molar-refractivity contribution in [2.75, 3.05) is 73.5 Å². The topological polar surface area (TPSA) is 161 Å². The molecule has 3 aliphatic carbocycles. The number of likely N-dealkylation sites (tertiary alicyclic amines) is 3. The number of para-hydroxylation sites is 4. The lowest BCUT2D eigenvalue weighted by atomic mass is 9.65. The molecule has 131 heavy (non-hydrogen) atoms. The van der Waals surface area contributed by atoms with Gasteiger partial charge in [0.25, 0.3) is 5.91 Å². The molecule has 17 nitrogen and oxygen atoms in total. The summed E-state index contributed by atoms with van der Waals surface area (Å²) in [4.78, 5) is 89.2. The normalized spacial score (nSPS) is 18.5. The van der Waals surface area contributed by atoms with E-state index in [2.05, 4.69) is 20.0 Å². The molecule has 12 aromatic carbocycles. The number of ketones is 2. The first-order chi connectivity index (χ1) is 63.1. The summed E-state index contributed by atoms with van der Waals surface area (Å²) < 4.78 is 125. The van der Waals surface area contributed by atoms with Crippen LogP contribution in [-0.4, -0.2) is 123 Å². The van der Waals surface area contributed by atoms with Crippen LogP contribution in [0.25, 0.3) is 66.3 Å². The predicted molar refractivity (Wildman–Crippen MR) is 484 cm³/mol. The first kappa shape index (κ1) is 84.0. The van der Waals surface area contributed by atoms with Crippen molar-refractivity contribution in [2.45, 2.75) is 99.3 Å². The van der Waals surface area contributed by atoms with E-state index in [0.717, 1.165) is 115 Å². The Hall–Kier alpha value is -13.9. The van der Waals surface area contributed by atoms with Gasteiger partial charge in [0.2, 0.25) is 17.7 Å². The number of aryl methyl sites for hydroxylation is 2. The number of anilines is 4. The van der Waals surface area contributed by atoms with Crippen molar-refractivity contribution in [1.29, 1.82) is 0 Å². The SMILES string of the molecule is CN1CC2(C1)C(=O)N(Cc1c(F)cc(-c3ccc4c(c3)CC(=O)C4)cc1F)c1ccccc12.CN1CC2(C1)C(=O)N(Cc1c(F)cc(-c3cccc4nn(C)cc34)cc1F)c1ccccc12.CN1CCC12C(=O)N(Cc1c(F)cc(-c3ccc4c(c3)CC(=O)C4)cc1F)c1ccccc12.Cn1cc2c(-c3cc(F)c(CN4C(=O)C5(CCC5)c5ccccc54)c(F)c3)cccc2n1. The van der Waals surface area contributed by atoms with Gasteiger partial charge in [0, 0.05) is 146 Å². The summed E-state index contributed by atoms with van der Waals surface area (Å²) in [5.74, 6) is -5.44. The summed E-state index contributed by atoms with van der Waals surface area (Å²) in [7, 11) is 9.45. The molecule has 1 atom stereocenters. The Labute approximate surface area is 749 Å². The summed E-state index contributed by atoms with van der Waals surface area (Å²) in [6, 6.07) is 62.9. The van der Waals surface area contributed by atoms with E-state index in [0.29, 0.717) is 103 Å². The second-order valence-corrected chi connectivity index (χ2v) is 36.6. The summed E-state index contributed by atoms with van der Waals surface area (Å²) in [6.07, 6.45) is 8.50. The highest BCUT2D eigenvalue weighted by Gasteiger charge is 2.61. The highest BCUT2D eigenvalue weighted by molar-refractivity contribution is 6.12. The molecule has 14 aromatic rings. The van der Waals surface area contributed by atoms with E-state index in [-0.39, 0.29) is 83.6 Å². The second-order valence-electron chi connectivity index (χ2n) is 36.6. The molecule has 7 aliphatic heterocycles. The maximum Gasteiger partial charge on any atom is 0.252 e. The van der Waals surface area contributed by atoms with Crippen molar-refractivity contribution in [1.82, 2.24) is 34.3 Å². The number of aromatic nitrogens is 4. The van der Waals surface area contributed by atoms with Gasteiger partial charge in [0.1, 0.15) is 74.5 Å². The van der Waals surface area contributed by atoms with Gasteiger partial charge in [-0.15, -0.1) is 0 Å². The van der Waals surface area contributed by atoms with E-state index >= 15 is 35.1 Å². The molecular weight excluding hydrogens is 1680 g/mol. The summed E-state index contributed by atoms with van der Waals surface area (Å²) in [5, 5.41) is 10.4. The minimum Gasteiger partial charge on any atom is -0.307 e. The van der Waals surface area contributed by atoms with Gasteiger partial charge in [-0.2, -0.15) is 10.2 Å². The fourth-order valence-electron chi connectivity index (χ4n) is 21.8. The van der Waals surface area contributed by atoms with E-state index in [4.69, 9.17) is 0 Å². The number of hydrogen-bond donors (Lipinski definition) is 0. The number of benzene rings is 12. The molecule has 4 amide bonds. The lowest BCUT2D eigenvalue weighted by molar-refractivity contribution is -0.137. The zero-order chi connectivity index (χ0) is 90.7. The van der Waals surface area contributed by atoms with Gasteiger partial charge in [-0.1, -0.05) is 140 Å². The molecule has 4 spiro atoms. The zero-order valence-electron chi connectivity index (χ0n) is 72.4. The van der Waals surface area contributed by atoms with Gasteiger partial charge in [-0.25, -0.2) is 35.1 Å². The number of carbonyl (C=O) groups excluding carboxylic acids is 6. The van der Waals surface area contributed by atoms with Gasteiger partial charge < -0.3 is 29.4 Å². The number of rotatable bonds is 12. The lowest BCUT2D eigenvalue weighted by Crippen LogP contribution is -2.62. The van der Waals surface area contributed by atoms with Crippen LogP contribution in [0.2, 0.25) is 0 Å². The fraction of sp³-hybridized carbons (Fsp3) is 0.245. The summed E-state index contributed by atoms with van der Waals surface area (Å²) >= 11 is 0. The number of likely N-dealkylation sites (N-methyl/N-ethyl adjacent to an activating group) is 3. The van der Waals surface area contributed by atoms with Crippen LogP contribution in [0.1, 0.15) is 92.4 Å². The monoisotopic (exact) mass is 1760 g/mol. The minimum absolute atomic E-state index is 0.0482.